The highest BCUT2D eigenvalue weighted by atomic mass is 35.5. The topological polar surface area (TPSA) is 43.6 Å². The number of esters is 1. The number of fused-ring (bicyclic) bond motifs is 1. The monoisotopic (exact) mass is 318 g/mol. The van der Waals surface area contributed by atoms with Crippen molar-refractivity contribution in [2.45, 2.75) is 6.92 Å². The molecule has 0 saturated heterocycles. The van der Waals surface area contributed by atoms with Crippen LogP contribution in [0.3, 0.4) is 0 Å². The predicted octanol–water partition coefficient (Wildman–Crippen LogP) is 3.97. The minimum absolute atomic E-state index is 0.134. The second-order valence-corrected chi connectivity index (χ2v) is 5.05. The zero-order valence-corrected chi connectivity index (χ0v) is 12.5. The van der Waals surface area contributed by atoms with Crippen LogP contribution in [0.25, 0.3) is 16.9 Å². The molecule has 3 rings (SSSR count). The lowest BCUT2D eigenvalue weighted by Gasteiger charge is -2.05. The lowest BCUT2D eigenvalue weighted by molar-refractivity contribution is 0.0521. The van der Waals surface area contributed by atoms with Gasteiger partial charge in [0.1, 0.15) is 11.5 Å². The molecule has 0 fully saturated rings. The Morgan fingerprint density at radius 1 is 1.36 bits per heavy atom. The summed E-state index contributed by atoms with van der Waals surface area (Å²) >= 11 is 6.02. The Balaban J connectivity index is 2.30. The maximum atomic E-state index is 13.5. The quantitative estimate of drug-likeness (QED) is 0.686. The Bertz CT molecular complexity index is 860. The number of pyridine rings is 1. The number of carbonyl (C=O) groups is 1. The van der Waals surface area contributed by atoms with Gasteiger partial charge < -0.3 is 4.74 Å². The molecule has 0 atom stereocenters. The van der Waals surface area contributed by atoms with Gasteiger partial charge in [-0.3, -0.25) is 4.40 Å². The fourth-order valence-electron chi connectivity index (χ4n) is 2.27. The van der Waals surface area contributed by atoms with Gasteiger partial charge in [0.25, 0.3) is 0 Å². The minimum atomic E-state index is -0.554. The van der Waals surface area contributed by atoms with Gasteiger partial charge in [0, 0.05) is 11.8 Å². The standard InChI is InChI=1S/C16H12ClFN2O2/c1-2-22-16(21)14-15(10-4-3-5-12(18)8-10)20-9-11(17)6-7-13(20)19-14/h3-9H,2H2,1H3. The molecular formula is C16H12ClFN2O2. The Labute approximate surface area is 131 Å². The first-order chi connectivity index (χ1) is 10.6. The molecule has 1 aromatic carbocycles. The molecule has 0 aliphatic carbocycles. The third-order valence-corrected chi connectivity index (χ3v) is 3.37. The summed E-state index contributed by atoms with van der Waals surface area (Å²) in [6.07, 6.45) is 1.63. The normalized spacial score (nSPS) is 10.9. The van der Waals surface area contributed by atoms with E-state index in [0.29, 0.717) is 21.9 Å². The molecule has 0 unspecified atom stereocenters. The summed E-state index contributed by atoms with van der Waals surface area (Å²) in [6.45, 7) is 1.95. The third-order valence-electron chi connectivity index (χ3n) is 3.15. The van der Waals surface area contributed by atoms with Crippen LogP contribution in [0.4, 0.5) is 4.39 Å². The van der Waals surface area contributed by atoms with Crippen LogP contribution in [0.15, 0.2) is 42.6 Å². The number of hydrogen-bond acceptors (Lipinski definition) is 3. The first kappa shape index (κ1) is 14.5. The Kier molecular flexibility index (Phi) is 3.81. The van der Waals surface area contributed by atoms with Crippen molar-refractivity contribution in [3.63, 3.8) is 0 Å². The summed E-state index contributed by atoms with van der Waals surface area (Å²) in [5.74, 6) is -0.953. The van der Waals surface area contributed by atoms with Gasteiger partial charge in [-0.05, 0) is 31.2 Å². The maximum Gasteiger partial charge on any atom is 0.359 e. The van der Waals surface area contributed by atoms with Crippen molar-refractivity contribution in [3.05, 3.63) is 59.1 Å². The molecule has 3 aromatic rings. The van der Waals surface area contributed by atoms with Gasteiger partial charge >= 0.3 is 5.97 Å². The highest BCUT2D eigenvalue weighted by Gasteiger charge is 2.21. The first-order valence-corrected chi connectivity index (χ1v) is 7.08. The minimum Gasteiger partial charge on any atom is -0.461 e. The van der Waals surface area contributed by atoms with E-state index in [1.165, 1.54) is 12.1 Å². The van der Waals surface area contributed by atoms with E-state index in [-0.39, 0.29) is 12.3 Å². The number of benzene rings is 1. The summed E-state index contributed by atoms with van der Waals surface area (Å²) in [5.41, 5.74) is 1.65. The molecule has 0 spiro atoms. The van der Waals surface area contributed by atoms with Gasteiger partial charge in [0.05, 0.1) is 17.3 Å². The number of hydrogen-bond donors (Lipinski definition) is 0. The zero-order chi connectivity index (χ0) is 15.7. The smallest absolute Gasteiger partial charge is 0.359 e. The van der Waals surface area contributed by atoms with E-state index in [9.17, 15) is 9.18 Å². The number of halogens is 2. The largest absolute Gasteiger partial charge is 0.461 e. The van der Waals surface area contributed by atoms with Crippen LogP contribution < -0.4 is 0 Å². The average molecular weight is 319 g/mol. The van der Waals surface area contributed by atoms with Gasteiger partial charge in [-0.2, -0.15) is 0 Å². The van der Waals surface area contributed by atoms with E-state index in [0.717, 1.165) is 0 Å². The van der Waals surface area contributed by atoms with Crippen LogP contribution in [0.2, 0.25) is 5.02 Å². The van der Waals surface area contributed by atoms with Crippen molar-refractivity contribution >= 4 is 23.2 Å². The van der Waals surface area contributed by atoms with Gasteiger partial charge in [-0.1, -0.05) is 23.7 Å². The van der Waals surface area contributed by atoms with Gasteiger partial charge in [-0.25, -0.2) is 14.2 Å². The van der Waals surface area contributed by atoms with Crippen LogP contribution in [-0.2, 0) is 4.74 Å². The van der Waals surface area contributed by atoms with E-state index < -0.39 is 11.8 Å². The van der Waals surface area contributed by atoms with E-state index in [1.54, 1.807) is 41.8 Å². The van der Waals surface area contributed by atoms with Gasteiger partial charge in [0.15, 0.2) is 5.69 Å². The van der Waals surface area contributed by atoms with E-state index in [4.69, 9.17) is 16.3 Å². The molecule has 22 heavy (non-hydrogen) atoms. The van der Waals surface area contributed by atoms with Crippen molar-refractivity contribution in [2.75, 3.05) is 6.61 Å². The SMILES string of the molecule is CCOC(=O)c1nc2ccc(Cl)cn2c1-c1cccc(F)c1. The van der Waals surface area contributed by atoms with E-state index >= 15 is 0 Å². The van der Waals surface area contributed by atoms with E-state index in [2.05, 4.69) is 4.98 Å². The Hall–Kier alpha value is -2.40. The van der Waals surface area contributed by atoms with Crippen molar-refractivity contribution in [1.82, 2.24) is 9.38 Å². The summed E-state index contributed by atoms with van der Waals surface area (Å²) in [7, 11) is 0. The second-order valence-electron chi connectivity index (χ2n) is 4.62. The van der Waals surface area contributed by atoms with Gasteiger partial charge in [-0.15, -0.1) is 0 Å². The highest BCUT2D eigenvalue weighted by Crippen LogP contribution is 2.27. The van der Waals surface area contributed by atoms with Crippen LogP contribution in [0.5, 0.6) is 0 Å². The summed E-state index contributed by atoms with van der Waals surface area (Å²) in [4.78, 5) is 16.4. The lowest BCUT2D eigenvalue weighted by Crippen LogP contribution is -2.07. The Morgan fingerprint density at radius 2 is 2.18 bits per heavy atom. The maximum absolute atomic E-state index is 13.5. The second kappa shape index (κ2) is 5.77. The molecule has 0 bridgehead atoms. The number of ether oxygens (including phenoxy) is 1. The molecule has 6 heteroatoms. The van der Waals surface area contributed by atoms with Gasteiger partial charge in [0.2, 0.25) is 0 Å². The summed E-state index contributed by atoms with van der Waals surface area (Å²) < 4.78 is 20.2. The molecular weight excluding hydrogens is 307 g/mol. The molecule has 0 radical (unpaired) electrons. The molecule has 0 amide bonds. The van der Waals surface area contributed by atoms with Crippen molar-refractivity contribution in [1.29, 1.82) is 0 Å². The molecule has 112 valence electrons. The third kappa shape index (κ3) is 2.55. The number of aromatic nitrogens is 2. The van der Waals surface area contributed by atoms with Crippen LogP contribution in [0.1, 0.15) is 17.4 Å². The fourth-order valence-corrected chi connectivity index (χ4v) is 2.43. The number of carbonyl (C=O) groups excluding carboxylic acids is 1. The summed E-state index contributed by atoms with van der Waals surface area (Å²) in [6, 6.07) is 9.32. The fraction of sp³-hybridized carbons (Fsp3) is 0.125. The molecule has 2 heterocycles. The summed E-state index contributed by atoms with van der Waals surface area (Å²) in [5, 5.41) is 0.484. The number of rotatable bonds is 3. The lowest BCUT2D eigenvalue weighted by atomic mass is 10.1. The van der Waals surface area contributed by atoms with Crippen LogP contribution >= 0.6 is 11.6 Å². The molecule has 0 aliphatic heterocycles. The zero-order valence-electron chi connectivity index (χ0n) is 11.7. The van der Waals surface area contributed by atoms with Crippen molar-refractivity contribution in [3.8, 4) is 11.3 Å². The first-order valence-electron chi connectivity index (χ1n) is 6.71. The molecule has 4 nitrogen and oxygen atoms in total. The Morgan fingerprint density at radius 3 is 2.91 bits per heavy atom. The van der Waals surface area contributed by atoms with E-state index in [1.807, 2.05) is 0 Å². The van der Waals surface area contributed by atoms with Crippen molar-refractivity contribution < 1.29 is 13.9 Å². The number of imidazole rings is 1. The number of nitrogens with zero attached hydrogens (tertiary/aromatic N) is 2. The van der Waals surface area contributed by atoms with Crippen molar-refractivity contribution in [2.24, 2.45) is 0 Å². The average Bonchev–Trinajstić information content (AvgIpc) is 2.86. The molecule has 0 saturated carbocycles. The molecule has 2 aromatic heterocycles. The highest BCUT2D eigenvalue weighted by molar-refractivity contribution is 6.30. The van der Waals surface area contributed by atoms with Crippen LogP contribution in [0, 0.1) is 5.82 Å². The molecule has 0 aliphatic rings. The molecule has 0 N–H and O–H groups in total. The predicted molar refractivity (Wildman–Crippen MR) is 81.6 cm³/mol. The van der Waals surface area contributed by atoms with Crippen LogP contribution in [-0.4, -0.2) is 22.0 Å².